The predicted molar refractivity (Wildman–Crippen MR) is 79.6 cm³/mol. The molecule has 2 N–H and O–H groups in total. The second kappa shape index (κ2) is 7.27. The summed E-state index contributed by atoms with van der Waals surface area (Å²) in [7, 11) is 0. The maximum atomic E-state index is 13.6. The first-order chi connectivity index (χ1) is 9.65. The van der Waals surface area contributed by atoms with E-state index >= 15 is 0 Å². The minimum atomic E-state index is -0.308. The Morgan fingerprint density at radius 3 is 2.60 bits per heavy atom. The molecule has 0 spiro atoms. The van der Waals surface area contributed by atoms with Crippen molar-refractivity contribution in [3.63, 3.8) is 0 Å². The summed E-state index contributed by atoms with van der Waals surface area (Å²) in [5, 5.41) is 0.396. The standard InChI is InChI=1S/C16H17ClFNO/c17-13-7-6-12(16(18)11-13)10-14(19)8-9-20-15-4-2-1-3-5-15/h1-7,11,14H,8-10,19H2. The number of rotatable bonds is 6. The van der Waals surface area contributed by atoms with Gasteiger partial charge in [-0.1, -0.05) is 35.9 Å². The number of hydrogen-bond donors (Lipinski definition) is 1. The van der Waals surface area contributed by atoms with Gasteiger partial charge in [-0.2, -0.15) is 0 Å². The lowest BCUT2D eigenvalue weighted by atomic mass is 10.0. The van der Waals surface area contributed by atoms with E-state index in [1.165, 1.54) is 6.07 Å². The highest BCUT2D eigenvalue weighted by molar-refractivity contribution is 6.30. The molecule has 2 rings (SSSR count). The minimum absolute atomic E-state index is 0.144. The molecule has 0 radical (unpaired) electrons. The molecular weight excluding hydrogens is 277 g/mol. The normalized spacial score (nSPS) is 12.2. The molecule has 2 aromatic rings. The van der Waals surface area contributed by atoms with Crippen LogP contribution in [0.1, 0.15) is 12.0 Å². The van der Waals surface area contributed by atoms with E-state index in [4.69, 9.17) is 22.1 Å². The van der Waals surface area contributed by atoms with E-state index in [0.717, 1.165) is 5.75 Å². The highest BCUT2D eigenvalue weighted by atomic mass is 35.5. The maximum absolute atomic E-state index is 13.6. The zero-order chi connectivity index (χ0) is 14.4. The summed E-state index contributed by atoms with van der Waals surface area (Å²) < 4.78 is 19.2. The van der Waals surface area contributed by atoms with Crippen molar-refractivity contribution in [3.05, 3.63) is 64.9 Å². The van der Waals surface area contributed by atoms with E-state index in [2.05, 4.69) is 0 Å². The lowest BCUT2D eigenvalue weighted by Crippen LogP contribution is -2.25. The Bertz CT molecular complexity index is 547. The molecule has 2 nitrogen and oxygen atoms in total. The van der Waals surface area contributed by atoms with Crippen LogP contribution in [0.5, 0.6) is 5.75 Å². The summed E-state index contributed by atoms with van der Waals surface area (Å²) >= 11 is 5.71. The molecule has 0 aliphatic rings. The van der Waals surface area contributed by atoms with Gasteiger partial charge in [0.2, 0.25) is 0 Å². The topological polar surface area (TPSA) is 35.2 Å². The molecule has 0 saturated carbocycles. The lowest BCUT2D eigenvalue weighted by molar-refractivity contribution is 0.297. The molecule has 0 amide bonds. The number of hydrogen-bond acceptors (Lipinski definition) is 2. The van der Waals surface area contributed by atoms with Crippen molar-refractivity contribution < 1.29 is 9.13 Å². The van der Waals surface area contributed by atoms with Crippen LogP contribution in [0.25, 0.3) is 0 Å². The summed E-state index contributed by atoms with van der Waals surface area (Å²) in [5.74, 6) is 0.509. The smallest absolute Gasteiger partial charge is 0.127 e. The maximum Gasteiger partial charge on any atom is 0.127 e. The average molecular weight is 294 g/mol. The fourth-order valence-electron chi connectivity index (χ4n) is 1.92. The van der Waals surface area contributed by atoms with E-state index in [-0.39, 0.29) is 11.9 Å². The Balaban J connectivity index is 1.79. The van der Waals surface area contributed by atoms with Crippen LogP contribution in [0.4, 0.5) is 4.39 Å². The average Bonchev–Trinajstić information content (AvgIpc) is 2.43. The molecule has 0 aliphatic carbocycles. The molecular formula is C16H17ClFNO. The van der Waals surface area contributed by atoms with Gasteiger partial charge in [0.15, 0.2) is 0 Å². The van der Waals surface area contributed by atoms with Crippen molar-refractivity contribution in [3.8, 4) is 5.75 Å². The third-order valence-corrected chi connectivity index (χ3v) is 3.23. The lowest BCUT2D eigenvalue weighted by Gasteiger charge is -2.13. The molecule has 0 saturated heterocycles. The van der Waals surface area contributed by atoms with Gasteiger partial charge in [0.25, 0.3) is 0 Å². The van der Waals surface area contributed by atoms with Crippen LogP contribution in [0.2, 0.25) is 5.02 Å². The molecule has 4 heteroatoms. The third-order valence-electron chi connectivity index (χ3n) is 3.00. The van der Waals surface area contributed by atoms with Gasteiger partial charge in [-0.25, -0.2) is 4.39 Å². The van der Waals surface area contributed by atoms with Gasteiger partial charge < -0.3 is 10.5 Å². The van der Waals surface area contributed by atoms with E-state index in [1.54, 1.807) is 12.1 Å². The van der Waals surface area contributed by atoms with Gasteiger partial charge >= 0.3 is 0 Å². The Morgan fingerprint density at radius 2 is 1.90 bits per heavy atom. The van der Waals surface area contributed by atoms with Gasteiger partial charge in [-0.05, 0) is 42.7 Å². The Kier molecular flexibility index (Phi) is 5.39. The second-order valence-electron chi connectivity index (χ2n) is 4.65. The Morgan fingerprint density at radius 1 is 1.15 bits per heavy atom. The summed E-state index contributed by atoms with van der Waals surface area (Å²) in [6.45, 7) is 0.514. The SMILES string of the molecule is NC(CCOc1ccccc1)Cc1ccc(Cl)cc1F. The Hall–Kier alpha value is -1.58. The number of nitrogens with two attached hydrogens (primary N) is 1. The van der Waals surface area contributed by atoms with Gasteiger partial charge in [0.05, 0.1) is 6.61 Å². The number of benzene rings is 2. The van der Waals surface area contributed by atoms with Crippen molar-refractivity contribution in [1.82, 2.24) is 0 Å². The first-order valence-electron chi connectivity index (χ1n) is 6.52. The van der Waals surface area contributed by atoms with Crippen molar-refractivity contribution >= 4 is 11.6 Å². The zero-order valence-electron chi connectivity index (χ0n) is 11.1. The molecule has 0 aromatic heterocycles. The van der Waals surface area contributed by atoms with Crippen LogP contribution in [-0.2, 0) is 6.42 Å². The van der Waals surface area contributed by atoms with Gasteiger partial charge in [-0.15, -0.1) is 0 Å². The quantitative estimate of drug-likeness (QED) is 0.879. The van der Waals surface area contributed by atoms with Crippen LogP contribution in [0, 0.1) is 5.82 Å². The van der Waals surface area contributed by atoms with Crippen LogP contribution < -0.4 is 10.5 Å². The summed E-state index contributed by atoms with van der Waals surface area (Å²) in [4.78, 5) is 0. The molecule has 2 aromatic carbocycles. The van der Waals surface area contributed by atoms with Crippen LogP contribution in [0.3, 0.4) is 0 Å². The van der Waals surface area contributed by atoms with E-state index < -0.39 is 0 Å². The van der Waals surface area contributed by atoms with Gasteiger partial charge in [0, 0.05) is 11.1 Å². The van der Waals surface area contributed by atoms with Crippen molar-refractivity contribution in [1.29, 1.82) is 0 Å². The number of para-hydroxylation sites is 1. The fourth-order valence-corrected chi connectivity index (χ4v) is 2.08. The van der Waals surface area contributed by atoms with Crippen molar-refractivity contribution in [2.24, 2.45) is 5.73 Å². The molecule has 1 atom stereocenters. The largest absolute Gasteiger partial charge is 0.494 e. The number of ether oxygens (including phenoxy) is 1. The predicted octanol–water partition coefficient (Wildman–Crippen LogP) is 3.82. The van der Waals surface area contributed by atoms with Crippen molar-refractivity contribution in [2.45, 2.75) is 18.9 Å². The highest BCUT2D eigenvalue weighted by Gasteiger charge is 2.09. The molecule has 1 unspecified atom stereocenters. The van der Waals surface area contributed by atoms with E-state index in [1.807, 2.05) is 30.3 Å². The first kappa shape index (κ1) is 14.8. The van der Waals surface area contributed by atoms with Crippen molar-refractivity contribution in [2.75, 3.05) is 6.61 Å². The Labute approximate surface area is 123 Å². The second-order valence-corrected chi connectivity index (χ2v) is 5.09. The highest BCUT2D eigenvalue weighted by Crippen LogP contribution is 2.16. The molecule has 0 bridgehead atoms. The van der Waals surface area contributed by atoms with Crippen LogP contribution >= 0.6 is 11.6 Å². The molecule has 20 heavy (non-hydrogen) atoms. The van der Waals surface area contributed by atoms with Crippen LogP contribution in [-0.4, -0.2) is 12.6 Å². The molecule has 106 valence electrons. The first-order valence-corrected chi connectivity index (χ1v) is 6.90. The summed E-state index contributed by atoms with van der Waals surface area (Å²) in [5.41, 5.74) is 6.58. The minimum Gasteiger partial charge on any atom is -0.494 e. The van der Waals surface area contributed by atoms with Gasteiger partial charge in [0.1, 0.15) is 11.6 Å². The van der Waals surface area contributed by atoms with Crippen LogP contribution in [0.15, 0.2) is 48.5 Å². The summed E-state index contributed by atoms with van der Waals surface area (Å²) in [6.07, 6.45) is 1.14. The third kappa shape index (κ3) is 4.51. The molecule has 0 heterocycles. The molecule has 0 fully saturated rings. The van der Waals surface area contributed by atoms with Gasteiger partial charge in [-0.3, -0.25) is 0 Å². The fraction of sp³-hybridized carbons (Fsp3) is 0.250. The number of halogens is 2. The summed E-state index contributed by atoms with van der Waals surface area (Å²) in [6, 6.07) is 14.1. The monoisotopic (exact) mass is 293 g/mol. The van der Waals surface area contributed by atoms with E-state index in [0.29, 0.717) is 30.0 Å². The zero-order valence-corrected chi connectivity index (χ0v) is 11.8. The molecule has 0 aliphatic heterocycles. The van der Waals surface area contributed by atoms with E-state index in [9.17, 15) is 4.39 Å².